The Morgan fingerprint density at radius 3 is 2.76 bits per heavy atom. The van der Waals surface area contributed by atoms with Crippen LogP contribution in [0.4, 0.5) is 5.69 Å². The molecule has 1 amide bonds. The molecule has 0 saturated heterocycles. The molecule has 180 valence electrons. The average molecular weight is 466 g/mol. The number of nitrogens with one attached hydrogen (secondary N) is 2. The van der Waals surface area contributed by atoms with Crippen LogP contribution in [0.25, 0.3) is 11.0 Å². The van der Waals surface area contributed by atoms with Crippen molar-refractivity contribution < 1.29 is 19.0 Å². The zero-order valence-corrected chi connectivity index (χ0v) is 19.7. The van der Waals surface area contributed by atoms with Crippen molar-refractivity contribution in [2.24, 2.45) is 10.9 Å². The fourth-order valence-electron chi connectivity index (χ4n) is 4.23. The molecule has 1 saturated carbocycles. The second-order valence-corrected chi connectivity index (χ2v) is 8.41. The van der Waals surface area contributed by atoms with E-state index in [1.54, 1.807) is 25.4 Å². The van der Waals surface area contributed by atoms with E-state index in [4.69, 9.17) is 14.2 Å². The first-order valence-corrected chi connectivity index (χ1v) is 11.5. The third kappa shape index (κ3) is 5.72. The van der Waals surface area contributed by atoms with Gasteiger partial charge in [-0.1, -0.05) is 0 Å². The molecule has 0 unspecified atom stereocenters. The Hall–Kier alpha value is -3.46. The molecule has 1 fully saturated rings. The monoisotopic (exact) mass is 465 g/mol. The van der Waals surface area contributed by atoms with E-state index in [0.29, 0.717) is 54.2 Å². The molecule has 0 spiro atoms. The second kappa shape index (κ2) is 11.1. The molecule has 0 radical (unpaired) electrons. The Balaban J connectivity index is 1.30. The molecule has 4 rings (SSSR count). The first-order chi connectivity index (χ1) is 16.6. The zero-order chi connectivity index (χ0) is 23.9. The predicted molar refractivity (Wildman–Crippen MR) is 131 cm³/mol. The summed E-state index contributed by atoms with van der Waals surface area (Å²) in [5.74, 6) is 1.92. The number of nitrogens with zero attached hydrogens (tertiary/aromatic N) is 3. The molecular weight excluding hydrogens is 434 g/mol. The van der Waals surface area contributed by atoms with E-state index >= 15 is 0 Å². The Kier molecular flexibility index (Phi) is 7.74. The highest BCUT2D eigenvalue weighted by molar-refractivity contribution is 6.00. The number of amides is 1. The van der Waals surface area contributed by atoms with Gasteiger partial charge in [-0.15, -0.1) is 0 Å². The van der Waals surface area contributed by atoms with E-state index in [0.717, 1.165) is 37.1 Å². The first-order valence-electron chi connectivity index (χ1n) is 11.5. The van der Waals surface area contributed by atoms with Crippen LogP contribution in [0, 0.1) is 5.92 Å². The van der Waals surface area contributed by atoms with Crippen LogP contribution in [-0.4, -0.2) is 55.5 Å². The highest BCUT2D eigenvalue weighted by Gasteiger charge is 2.27. The van der Waals surface area contributed by atoms with Gasteiger partial charge in [0.15, 0.2) is 5.76 Å². The van der Waals surface area contributed by atoms with E-state index in [2.05, 4.69) is 32.3 Å². The molecule has 0 atom stereocenters. The number of allylic oxidation sites excluding steroid dienone is 2. The van der Waals surface area contributed by atoms with Crippen molar-refractivity contribution in [1.82, 2.24) is 15.3 Å². The highest BCUT2D eigenvalue weighted by atomic mass is 16.6. The van der Waals surface area contributed by atoms with Crippen LogP contribution in [-0.2, 0) is 14.3 Å². The van der Waals surface area contributed by atoms with E-state index in [-0.39, 0.29) is 11.8 Å². The summed E-state index contributed by atoms with van der Waals surface area (Å²) in [5.41, 5.74) is 2.79. The van der Waals surface area contributed by atoms with Crippen LogP contribution >= 0.6 is 0 Å². The van der Waals surface area contributed by atoms with Crippen molar-refractivity contribution in [3.63, 3.8) is 0 Å². The van der Waals surface area contributed by atoms with Crippen molar-refractivity contribution >= 4 is 29.3 Å². The molecule has 2 aromatic heterocycles. The summed E-state index contributed by atoms with van der Waals surface area (Å²) in [5, 5.41) is 6.59. The van der Waals surface area contributed by atoms with Gasteiger partial charge in [0.25, 0.3) is 0 Å². The summed E-state index contributed by atoms with van der Waals surface area (Å²) in [7, 11) is 1.57. The smallest absolute Gasteiger partial charge is 0.227 e. The normalized spacial score (nSPS) is 20.9. The maximum atomic E-state index is 13.0. The van der Waals surface area contributed by atoms with Crippen molar-refractivity contribution in [2.45, 2.75) is 38.6 Å². The maximum absolute atomic E-state index is 13.0. The summed E-state index contributed by atoms with van der Waals surface area (Å²) in [4.78, 5) is 25.9. The Labute approximate surface area is 199 Å². The van der Waals surface area contributed by atoms with Gasteiger partial charge in [0.1, 0.15) is 24.5 Å². The lowest BCUT2D eigenvalue weighted by Gasteiger charge is -2.28. The summed E-state index contributed by atoms with van der Waals surface area (Å²) in [6, 6.07) is 5.68. The van der Waals surface area contributed by atoms with Crippen LogP contribution in [0.5, 0.6) is 5.88 Å². The van der Waals surface area contributed by atoms with Crippen LogP contribution in [0.1, 0.15) is 32.6 Å². The first kappa shape index (κ1) is 23.7. The van der Waals surface area contributed by atoms with Crippen LogP contribution in [0.3, 0.4) is 0 Å². The van der Waals surface area contributed by atoms with Gasteiger partial charge in [0, 0.05) is 36.8 Å². The van der Waals surface area contributed by atoms with Gasteiger partial charge < -0.3 is 24.8 Å². The highest BCUT2D eigenvalue weighted by Crippen LogP contribution is 2.28. The molecule has 2 aromatic rings. The lowest BCUT2D eigenvalue weighted by molar-refractivity contribution is -0.120. The summed E-state index contributed by atoms with van der Waals surface area (Å²) < 4.78 is 16.4. The van der Waals surface area contributed by atoms with Crippen molar-refractivity contribution in [2.75, 3.05) is 32.2 Å². The number of carbonyl (C=O) groups is 1. The predicted octanol–water partition coefficient (Wildman–Crippen LogP) is 3.59. The molecule has 9 nitrogen and oxygen atoms in total. The minimum Gasteiger partial charge on any atom is -0.491 e. The molecule has 2 N–H and O–H groups in total. The zero-order valence-electron chi connectivity index (χ0n) is 19.7. The molecule has 0 aromatic carbocycles. The summed E-state index contributed by atoms with van der Waals surface area (Å²) >= 11 is 0. The molecule has 1 aliphatic carbocycles. The SMILES string of the molecule is C=N/C(=C\C1=C(C)OCCO1)CNC1CCC(C(=O)Nc2ccnc3ccc(OC)nc23)CC1. The van der Waals surface area contributed by atoms with Gasteiger partial charge in [-0.3, -0.25) is 14.8 Å². The maximum Gasteiger partial charge on any atom is 0.227 e. The number of anilines is 1. The van der Waals surface area contributed by atoms with E-state index in [9.17, 15) is 4.79 Å². The van der Waals surface area contributed by atoms with E-state index in [1.807, 2.05) is 19.1 Å². The van der Waals surface area contributed by atoms with Crippen LogP contribution in [0.15, 0.2) is 52.7 Å². The number of hydrogen-bond acceptors (Lipinski definition) is 8. The van der Waals surface area contributed by atoms with Gasteiger partial charge in [-0.25, -0.2) is 4.98 Å². The van der Waals surface area contributed by atoms with Gasteiger partial charge >= 0.3 is 0 Å². The third-order valence-electron chi connectivity index (χ3n) is 6.20. The van der Waals surface area contributed by atoms with Gasteiger partial charge in [-0.2, -0.15) is 0 Å². The minimum absolute atomic E-state index is 0.0146. The quantitative estimate of drug-likeness (QED) is 0.574. The van der Waals surface area contributed by atoms with Gasteiger partial charge in [0.2, 0.25) is 11.8 Å². The fraction of sp³-hybridized carbons (Fsp3) is 0.440. The fourth-order valence-corrected chi connectivity index (χ4v) is 4.23. The summed E-state index contributed by atoms with van der Waals surface area (Å²) in [6.45, 7) is 7.24. The number of aliphatic imine (C=N–C) groups is 1. The number of pyridine rings is 2. The largest absolute Gasteiger partial charge is 0.491 e. The minimum atomic E-state index is -0.0417. The molecule has 3 heterocycles. The molecule has 34 heavy (non-hydrogen) atoms. The number of methoxy groups -OCH3 is 1. The van der Waals surface area contributed by atoms with E-state index in [1.165, 1.54) is 0 Å². The van der Waals surface area contributed by atoms with Crippen LogP contribution in [0.2, 0.25) is 0 Å². The van der Waals surface area contributed by atoms with Crippen molar-refractivity contribution in [3.05, 3.63) is 47.7 Å². The molecular formula is C25H31N5O4. The van der Waals surface area contributed by atoms with Crippen molar-refractivity contribution in [1.29, 1.82) is 0 Å². The van der Waals surface area contributed by atoms with Crippen LogP contribution < -0.4 is 15.4 Å². The Morgan fingerprint density at radius 2 is 2.03 bits per heavy atom. The van der Waals surface area contributed by atoms with E-state index < -0.39 is 0 Å². The number of hydrogen-bond donors (Lipinski definition) is 2. The van der Waals surface area contributed by atoms with Crippen molar-refractivity contribution in [3.8, 4) is 5.88 Å². The average Bonchev–Trinajstić information content (AvgIpc) is 2.87. The third-order valence-corrected chi connectivity index (χ3v) is 6.20. The Bertz CT molecular complexity index is 1110. The van der Waals surface area contributed by atoms with Gasteiger partial charge in [-0.05, 0) is 51.5 Å². The topological polar surface area (TPSA) is 107 Å². The lowest BCUT2D eigenvalue weighted by atomic mass is 9.85. The second-order valence-electron chi connectivity index (χ2n) is 8.41. The number of fused-ring (bicyclic) bond motifs is 1. The standard InChI is InChI=1S/C25H31N5O4/c1-16-22(34-13-12-33-16)14-19(26-2)15-28-18-6-4-17(5-7-18)25(31)29-21-10-11-27-20-8-9-23(32-3)30-24(20)21/h8-11,14,17-18,28H,2,4-7,12-13,15H2,1,3H3,(H,27,29,31)/b19-14-. The molecule has 1 aliphatic heterocycles. The number of rotatable bonds is 8. The number of carbonyl (C=O) groups excluding carboxylic acids is 1. The molecule has 0 bridgehead atoms. The lowest BCUT2D eigenvalue weighted by Crippen LogP contribution is -2.37. The van der Waals surface area contributed by atoms with Gasteiger partial charge in [0.05, 0.1) is 24.0 Å². The Morgan fingerprint density at radius 1 is 1.24 bits per heavy atom. The number of ether oxygens (including phenoxy) is 3. The summed E-state index contributed by atoms with van der Waals surface area (Å²) in [6.07, 6.45) is 6.99. The number of aromatic nitrogens is 2. The molecule has 2 aliphatic rings. The molecule has 9 heteroatoms.